The van der Waals surface area contributed by atoms with Gasteiger partial charge in [0.05, 0.1) is 0 Å². The zero-order chi connectivity index (χ0) is 26.3. The van der Waals surface area contributed by atoms with Crippen LogP contribution in [0.1, 0.15) is 22.8 Å². The van der Waals surface area contributed by atoms with Gasteiger partial charge in [-0.1, -0.05) is 36.4 Å². The van der Waals surface area contributed by atoms with E-state index < -0.39 is 7.20 Å². The number of nitrogens with zero attached hydrogens (tertiary/aromatic N) is 1. The van der Waals surface area contributed by atoms with Crippen LogP contribution in [0.15, 0.2) is 136 Å². The molecule has 188 valence electrons. The molecule has 1 heterocycles. The summed E-state index contributed by atoms with van der Waals surface area (Å²) in [4.78, 5) is 17.1. The molecule has 0 aliphatic rings. The summed E-state index contributed by atoms with van der Waals surface area (Å²) in [6, 6.07) is 40.4. The highest BCUT2D eigenvalue weighted by Gasteiger charge is 2.28. The number of rotatable bonds is 6. The number of halogens is 1. The number of fused-ring (bicyclic) bond motifs is 3. The van der Waals surface area contributed by atoms with Gasteiger partial charge in [-0.2, -0.15) is 0 Å². The highest BCUT2D eigenvalue weighted by molar-refractivity contribution is 14.2. The molecular weight excluding hydrogens is 601 g/mol. The monoisotopic (exact) mass is 627 g/mol. The Bertz CT molecular complexity index is 1780. The van der Waals surface area contributed by atoms with Crippen molar-refractivity contribution < 1.29 is 9.90 Å². The van der Waals surface area contributed by atoms with E-state index in [9.17, 15) is 9.90 Å². The molecular formula is C33H26INO2S. The second kappa shape index (κ2) is 9.97. The maximum Gasteiger partial charge on any atom is 0.193 e. The lowest BCUT2D eigenvalue weighted by Gasteiger charge is -2.35. The van der Waals surface area contributed by atoms with Crippen LogP contribution in [0.25, 0.3) is 21.8 Å². The molecule has 0 spiro atoms. The van der Waals surface area contributed by atoms with Gasteiger partial charge >= 0.3 is 0 Å². The second-order valence-corrected chi connectivity index (χ2v) is 15.6. The number of aryl methyl sites for hydroxylation is 1. The number of phenols is 1. The lowest BCUT2D eigenvalue weighted by Crippen LogP contribution is -2.02. The van der Waals surface area contributed by atoms with Gasteiger partial charge < -0.3 is 9.67 Å². The van der Waals surface area contributed by atoms with Crippen LogP contribution in [0.3, 0.4) is 0 Å². The predicted octanol–water partition coefficient (Wildman–Crippen LogP) is 9.38. The molecule has 0 fully saturated rings. The fourth-order valence-electron chi connectivity index (χ4n) is 5.15. The van der Waals surface area contributed by atoms with Crippen molar-refractivity contribution in [2.45, 2.75) is 28.2 Å². The summed E-state index contributed by atoms with van der Waals surface area (Å²) in [5.74, 6) is 0.269. The van der Waals surface area contributed by atoms with Gasteiger partial charge in [0.2, 0.25) is 0 Å². The Morgan fingerprint density at radius 2 is 1.24 bits per heavy atom. The summed E-state index contributed by atoms with van der Waals surface area (Å²) >= 11 is 2.56. The van der Waals surface area contributed by atoms with Gasteiger partial charge in [0.15, 0.2) is 5.78 Å². The third-order valence-corrected chi connectivity index (χ3v) is 14.4. The topological polar surface area (TPSA) is 42.2 Å². The number of hydrogen-bond acceptors (Lipinski definition) is 2. The Morgan fingerprint density at radius 1 is 0.684 bits per heavy atom. The normalized spacial score (nSPS) is 13.8. The smallest absolute Gasteiger partial charge is 0.193 e. The minimum atomic E-state index is -1.61. The van der Waals surface area contributed by atoms with Gasteiger partial charge in [-0.25, -0.2) is 0 Å². The van der Waals surface area contributed by atoms with E-state index in [4.69, 9.17) is 0 Å². The molecule has 0 saturated carbocycles. The summed E-state index contributed by atoms with van der Waals surface area (Å²) in [5, 5.41) is 12.2. The average molecular weight is 628 g/mol. The highest BCUT2D eigenvalue weighted by Crippen LogP contribution is 2.74. The van der Waals surface area contributed by atoms with Crippen molar-refractivity contribution in [3.05, 3.63) is 132 Å². The number of hydrogen-bond donors (Lipinski definition) is 1. The van der Waals surface area contributed by atoms with Crippen LogP contribution in [0.2, 0.25) is 0 Å². The summed E-state index contributed by atoms with van der Waals surface area (Å²) in [6.07, 6.45) is 0. The lowest BCUT2D eigenvalue weighted by molar-refractivity contribution is 0.103. The first kappa shape index (κ1) is 24.8. The Labute approximate surface area is 235 Å². The first-order valence-corrected chi connectivity index (χ1v) is 16.7. The summed E-state index contributed by atoms with van der Waals surface area (Å²) < 4.78 is 2.30. The van der Waals surface area contributed by atoms with E-state index in [0.29, 0.717) is 11.1 Å². The SMILES string of the molecule is CCn1c2ccccc2c2cc(C(=O)c3ccc(S(I)(c4ccccc4)c4ccc(O)cc4)cc3)ccc21. The van der Waals surface area contributed by atoms with E-state index in [2.05, 4.69) is 99.4 Å². The van der Waals surface area contributed by atoms with E-state index in [1.54, 1.807) is 12.1 Å². The average Bonchev–Trinajstić information content (AvgIpc) is 3.30. The van der Waals surface area contributed by atoms with Crippen molar-refractivity contribution >= 4 is 56.0 Å². The number of carbonyl (C=O) groups is 1. The summed E-state index contributed by atoms with van der Waals surface area (Å²) in [6.45, 7) is 3.02. The molecule has 0 radical (unpaired) electrons. The van der Waals surface area contributed by atoms with Crippen molar-refractivity contribution in [3.63, 3.8) is 0 Å². The molecule has 0 bridgehead atoms. The molecule has 38 heavy (non-hydrogen) atoms. The van der Waals surface area contributed by atoms with Crippen molar-refractivity contribution in [2.24, 2.45) is 0 Å². The first-order valence-electron chi connectivity index (χ1n) is 12.5. The van der Waals surface area contributed by atoms with Gasteiger partial charge in [0, 0.05) is 54.2 Å². The molecule has 0 amide bonds. The number of carbonyl (C=O) groups excluding carboxylic acids is 1. The Kier molecular flexibility index (Phi) is 6.50. The van der Waals surface area contributed by atoms with Crippen LogP contribution in [-0.4, -0.2) is 15.5 Å². The minimum absolute atomic E-state index is 0.0187. The molecule has 6 aromatic rings. The molecule has 1 atom stereocenters. The molecule has 1 N–H and O–H groups in total. The van der Waals surface area contributed by atoms with Gasteiger partial charge in [0.1, 0.15) is 5.75 Å². The summed E-state index contributed by atoms with van der Waals surface area (Å²) in [5.41, 5.74) is 3.70. The number of phenolic OH excluding ortho intramolecular Hbond substituents is 1. The predicted molar refractivity (Wildman–Crippen MR) is 166 cm³/mol. The van der Waals surface area contributed by atoms with Crippen LogP contribution in [0.5, 0.6) is 5.75 Å². The zero-order valence-electron chi connectivity index (χ0n) is 20.8. The number of aromatic hydroxyl groups is 1. The van der Waals surface area contributed by atoms with E-state index in [1.165, 1.54) is 15.8 Å². The van der Waals surface area contributed by atoms with Gasteiger partial charge in [-0.15, -0.1) is 7.20 Å². The molecule has 0 aliphatic heterocycles. The number of aromatic nitrogens is 1. The van der Waals surface area contributed by atoms with Gasteiger partial charge in [-0.05, 0) is 113 Å². The molecule has 1 aromatic heterocycles. The number of ketones is 1. The maximum absolute atomic E-state index is 13.6. The fraction of sp³-hybridized carbons (Fsp3) is 0.0606. The fourth-order valence-corrected chi connectivity index (χ4v) is 10.2. The van der Waals surface area contributed by atoms with E-state index in [-0.39, 0.29) is 11.5 Å². The second-order valence-electron chi connectivity index (χ2n) is 9.19. The van der Waals surface area contributed by atoms with E-state index in [0.717, 1.165) is 27.2 Å². The van der Waals surface area contributed by atoms with Gasteiger partial charge in [0.25, 0.3) is 0 Å². The van der Waals surface area contributed by atoms with Crippen molar-refractivity contribution in [1.29, 1.82) is 0 Å². The van der Waals surface area contributed by atoms with Crippen molar-refractivity contribution in [1.82, 2.24) is 4.57 Å². The van der Waals surface area contributed by atoms with E-state index >= 15 is 0 Å². The molecule has 0 aliphatic carbocycles. The van der Waals surface area contributed by atoms with Crippen LogP contribution < -0.4 is 0 Å². The quantitative estimate of drug-likeness (QED) is 0.148. The highest BCUT2D eigenvalue weighted by atomic mass is 127. The molecule has 3 nitrogen and oxygen atoms in total. The largest absolute Gasteiger partial charge is 0.508 e. The minimum Gasteiger partial charge on any atom is -0.508 e. The first-order chi connectivity index (χ1) is 18.5. The Balaban J connectivity index is 1.40. The van der Waals surface area contributed by atoms with Crippen LogP contribution in [0.4, 0.5) is 0 Å². The molecule has 6 rings (SSSR count). The lowest BCUT2D eigenvalue weighted by atomic mass is 10.0. The third-order valence-electron chi connectivity index (χ3n) is 7.02. The number of benzene rings is 5. The van der Waals surface area contributed by atoms with Gasteiger partial charge in [-0.3, -0.25) is 4.79 Å². The number of para-hydroxylation sites is 1. The zero-order valence-corrected chi connectivity index (χ0v) is 23.8. The third kappa shape index (κ3) is 4.10. The van der Waals surface area contributed by atoms with Crippen LogP contribution >= 0.6 is 28.4 Å². The van der Waals surface area contributed by atoms with Crippen LogP contribution in [0, 0.1) is 0 Å². The van der Waals surface area contributed by atoms with E-state index in [1.807, 2.05) is 42.5 Å². The Hall–Kier alpha value is -3.55. The molecule has 0 saturated heterocycles. The summed E-state index contributed by atoms with van der Waals surface area (Å²) in [7, 11) is -1.61. The van der Waals surface area contributed by atoms with Crippen molar-refractivity contribution in [2.75, 3.05) is 0 Å². The Morgan fingerprint density at radius 3 is 1.92 bits per heavy atom. The molecule has 1 unspecified atom stereocenters. The van der Waals surface area contributed by atoms with Crippen LogP contribution in [-0.2, 0) is 6.54 Å². The standard InChI is InChI=1S/C33H26INO2S/c1-2-35-31-11-7-6-10-29(31)30-22-24(14-21-32(30)35)33(37)23-12-17-27(18-13-23)38(34,26-8-4-3-5-9-26)28-19-15-25(36)16-20-28/h3-22,36H,2H2,1H3. The molecule has 5 aromatic carbocycles. The maximum atomic E-state index is 13.6. The van der Waals surface area contributed by atoms with Crippen molar-refractivity contribution in [3.8, 4) is 5.75 Å². The molecule has 5 heteroatoms.